The smallest absolute Gasteiger partial charge is 0.245 e. The summed E-state index contributed by atoms with van der Waals surface area (Å²) in [5.74, 6) is 0.917. The average Bonchev–Trinajstić information content (AvgIpc) is 3.18. The van der Waals surface area contributed by atoms with Crippen LogP contribution in [0.2, 0.25) is 0 Å². The van der Waals surface area contributed by atoms with E-state index in [-0.39, 0.29) is 35.2 Å². The molecule has 1 saturated carbocycles. The van der Waals surface area contributed by atoms with Crippen LogP contribution in [0, 0.1) is 6.92 Å². The monoisotopic (exact) mass is 487 g/mol. The highest BCUT2D eigenvalue weighted by Crippen LogP contribution is 2.40. The number of aromatic nitrogens is 7. The van der Waals surface area contributed by atoms with Crippen molar-refractivity contribution in [3.05, 3.63) is 41.8 Å². The second-order valence-corrected chi connectivity index (χ2v) is 10.9. The first kappa shape index (κ1) is 24.0. The van der Waals surface area contributed by atoms with E-state index in [4.69, 9.17) is 9.47 Å². The first-order valence-corrected chi connectivity index (χ1v) is 12.9. The maximum atomic E-state index is 13.5. The third-order valence-electron chi connectivity index (χ3n) is 6.46. The van der Waals surface area contributed by atoms with Gasteiger partial charge in [0.05, 0.1) is 30.9 Å². The van der Waals surface area contributed by atoms with E-state index in [0.717, 1.165) is 25.0 Å². The van der Waals surface area contributed by atoms with E-state index in [0.29, 0.717) is 17.2 Å². The van der Waals surface area contributed by atoms with Gasteiger partial charge in [-0.2, -0.15) is 9.97 Å². The van der Waals surface area contributed by atoms with Crippen molar-refractivity contribution in [3.8, 4) is 17.4 Å². The molecule has 1 aliphatic rings. The minimum absolute atomic E-state index is 0.165. The molecule has 12 heteroatoms. The maximum Gasteiger partial charge on any atom is 0.245 e. The molecule has 0 unspecified atom stereocenters. The van der Waals surface area contributed by atoms with Gasteiger partial charge in [-0.3, -0.25) is 14.5 Å². The van der Waals surface area contributed by atoms with Crippen molar-refractivity contribution in [2.75, 3.05) is 14.2 Å². The van der Waals surface area contributed by atoms with Crippen LogP contribution < -0.4 is 9.47 Å². The summed E-state index contributed by atoms with van der Waals surface area (Å²) in [6, 6.07) is 0. The number of rotatable bonds is 9. The zero-order chi connectivity index (χ0) is 24.5. The minimum atomic E-state index is -3.66. The van der Waals surface area contributed by atoms with Gasteiger partial charge in [0.25, 0.3) is 0 Å². The molecule has 4 rings (SSSR count). The Morgan fingerprint density at radius 1 is 1.03 bits per heavy atom. The molecule has 0 saturated heterocycles. The normalized spacial score (nSPS) is 16.0. The molecule has 0 amide bonds. The molecule has 3 aromatic rings. The van der Waals surface area contributed by atoms with Crippen molar-refractivity contribution in [2.24, 2.45) is 0 Å². The van der Waals surface area contributed by atoms with Gasteiger partial charge in [-0.1, -0.05) is 13.3 Å². The SMILES string of the molecule is COc1ncnc(OC)c1-n1c(CS(=O)(=O)[C@@H](C)[C@H](C)c2cnc(C)cn2)nnc1C1CCC1. The number of hydrogen-bond acceptors (Lipinski definition) is 10. The topological polar surface area (TPSA) is 135 Å². The van der Waals surface area contributed by atoms with Gasteiger partial charge >= 0.3 is 0 Å². The lowest BCUT2D eigenvalue weighted by Gasteiger charge is -2.26. The summed E-state index contributed by atoms with van der Waals surface area (Å²) in [6.45, 7) is 5.36. The van der Waals surface area contributed by atoms with Crippen LogP contribution >= 0.6 is 0 Å². The van der Waals surface area contributed by atoms with Gasteiger partial charge in [0.15, 0.2) is 21.3 Å². The molecule has 2 atom stereocenters. The zero-order valence-electron chi connectivity index (χ0n) is 20.0. The number of ether oxygens (including phenoxy) is 2. The highest BCUT2D eigenvalue weighted by Gasteiger charge is 2.35. The second-order valence-electron chi connectivity index (χ2n) is 8.56. The third-order valence-corrected chi connectivity index (χ3v) is 8.66. The molecule has 182 valence electrons. The van der Waals surface area contributed by atoms with Crippen LogP contribution in [-0.2, 0) is 15.6 Å². The number of methoxy groups -OCH3 is 2. The van der Waals surface area contributed by atoms with Crippen molar-refractivity contribution in [2.45, 2.75) is 62.9 Å². The third kappa shape index (κ3) is 4.46. The average molecular weight is 488 g/mol. The van der Waals surface area contributed by atoms with Gasteiger partial charge in [0.2, 0.25) is 11.8 Å². The molecule has 34 heavy (non-hydrogen) atoms. The molecule has 0 aromatic carbocycles. The fraction of sp³-hybridized carbons (Fsp3) is 0.545. The van der Waals surface area contributed by atoms with Crippen LogP contribution in [-0.4, -0.2) is 62.6 Å². The fourth-order valence-corrected chi connectivity index (χ4v) is 5.51. The number of hydrogen-bond donors (Lipinski definition) is 0. The summed E-state index contributed by atoms with van der Waals surface area (Å²) in [4.78, 5) is 17.0. The zero-order valence-corrected chi connectivity index (χ0v) is 20.8. The lowest BCUT2D eigenvalue weighted by Crippen LogP contribution is -2.27. The largest absolute Gasteiger partial charge is 0.479 e. The van der Waals surface area contributed by atoms with Crippen molar-refractivity contribution in [1.29, 1.82) is 0 Å². The number of sulfone groups is 1. The molecular formula is C22H29N7O4S. The van der Waals surface area contributed by atoms with Crippen LogP contribution in [0.1, 0.15) is 68.0 Å². The van der Waals surface area contributed by atoms with E-state index in [1.54, 1.807) is 23.9 Å². The second kappa shape index (κ2) is 9.61. The molecule has 0 bridgehead atoms. The molecule has 0 aliphatic heterocycles. The summed E-state index contributed by atoms with van der Waals surface area (Å²) in [5, 5.41) is 7.95. The van der Waals surface area contributed by atoms with E-state index in [9.17, 15) is 8.42 Å². The molecule has 0 radical (unpaired) electrons. The van der Waals surface area contributed by atoms with E-state index in [1.807, 2.05) is 13.8 Å². The Hall–Kier alpha value is -3.15. The fourth-order valence-electron chi connectivity index (χ4n) is 3.94. The van der Waals surface area contributed by atoms with Crippen LogP contribution in [0.3, 0.4) is 0 Å². The van der Waals surface area contributed by atoms with Crippen LogP contribution in [0.5, 0.6) is 11.8 Å². The Labute approximate surface area is 198 Å². The standard InChI is InChI=1S/C22H29N7O4S/c1-13-9-24-17(10-23-13)14(2)15(3)34(30,31)11-18-27-28-20(16-7-6-8-16)29(18)19-21(32-4)25-12-26-22(19)33-5/h9-10,12,14-16H,6-8,11H2,1-5H3/t14-,15-/m0/s1. The van der Waals surface area contributed by atoms with E-state index >= 15 is 0 Å². The molecule has 11 nitrogen and oxygen atoms in total. The molecule has 3 heterocycles. The predicted molar refractivity (Wildman–Crippen MR) is 124 cm³/mol. The summed E-state index contributed by atoms with van der Waals surface area (Å²) in [6.07, 6.45) is 7.57. The Kier molecular flexibility index (Phi) is 6.78. The number of aryl methyl sites for hydroxylation is 1. The van der Waals surface area contributed by atoms with Crippen LogP contribution in [0.15, 0.2) is 18.7 Å². The van der Waals surface area contributed by atoms with Crippen molar-refractivity contribution < 1.29 is 17.9 Å². The van der Waals surface area contributed by atoms with Gasteiger partial charge in [-0.05, 0) is 26.7 Å². The predicted octanol–water partition coefficient (Wildman–Crippen LogP) is 2.55. The van der Waals surface area contributed by atoms with Crippen LogP contribution in [0.25, 0.3) is 5.69 Å². The molecule has 1 aliphatic carbocycles. The lowest BCUT2D eigenvalue weighted by molar-refractivity contribution is 0.361. The summed E-state index contributed by atoms with van der Waals surface area (Å²) in [7, 11) is -0.680. The molecular weight excluding hydrogens is 458 g/mol. The van der Waals surface area contributed by atoms with Gasteiger partial charge < -0.3 is 9.47 Å². The van der Waals surface area contributed by atoms with Gasteiger partial charge in [-0.15, -0.1) is 10.2 Å². The lowest BCUT2D eigenvalue weighted by atomic mass is 9.85. The van der Waals surface area contributed by atoms with Gasteiger partial charge in [0, 0.05) is 24.2 Å². The highest BCUT2D eigenvalue weighted by molar-refractivity contribution is 7.91. The first-order valence-electron chi connectivity index (χ1n) is 11.1. The Balaban J connectivity index is 1.74. The molecule has 3 aromatic heterocycles. The Morgan fingerprint density at radius 3 is 2.24 bits per heavy atom. The summed E-state index contributed by atoms with van der Waals surface area (Å²) < 4.78 is 39.7. The van der Waals surface area contributed by atoms with Crippen molar-refractivity contribution in [3.63, 3.8) is 0 Å². The van der Waals surface area contributed by atoms with Crippen LogP contribution in [0.4, 0.5) is 0 Å². The first-order chi connectivity index (χ1) is 16.3. The Morgan fingerprint density at radius 2 is 1.71 bits per heavy atom. The summed E-state index contributed by atoms with van der Waals surface area (Å²) >= 11 is 0. The van der Waals surface area contributed by atoms with E-state index in [1.165, 1.54) is 20.5 Å². The summed E-state index contributed by atoms with van der Waals surface area (Å²) in [5.41, 5.74) is 1.80. The Bertz CT molecular complexity index is 1230. The van der Waals surface area contributed by atoms with Crippen molar-refractivity contribution >= 4 is 9.84 Å². The minimum Gasteiger partial charge on any atom is -0.479 e. The quantitative estimate of drug-likeness (QED) is 0.443. The van der Waals surface area contributed by atoms with E-state index in [2.05, 4.69) is 30.1 Å². The van der Waals surface area contributed by atoms with Gasteiger partial charge in [-0.25, -0.2) is 8.42 Å². The van der Waals surface area contributed by atoms with E-state index < -0.39 is 15.1 Å². The highest BCUT2D eigenvalue weighted by atomic mass is 32.2. The maximum absolute atomic E-state index is 13.5. The molecule has 1 fully saturated rings. The molecule has 0 N–H and O–H groups in total. The van der Waals surface area contributed by atoms with Crippen molar-refractivity contribution in [1.82, 2.24) is 34.7 Å². The van der Waals surface area contributed by atoms with Gasteiger partial charge in [0.1, 0.15) is 17.9 Å². The number of nitrogens with zero attached hydrogens (tertiary/aromatic N) is 7. The molecule has 0 spiro atoms.